The molecule has 2 aromatic heterocycles. The Labute approximate surface area is 178 Å². The van der Waals surface area contributed by atoms with Gasteiger partial charge in [-0.2, -0.15) is 5.10 Å². The van der Waals surface area contributed by atoms with Crippen molar-refractivity contribution in [1.82, 2.24) is 15.1 Å². The summed E-state index contributed by atoms with van der Waals surface area (Å²) < 4.78 is 7.42. The summed E-state index contributed by atoms with van der Waals surface area (Å²) in [5.74, 6) is 0.485. The molecule has 158 valence electrons. The van der Waals surface area contributed by atoms with Gasteiger partial charge in [-0.15, -0.1) is 0 Å². The lowest BCUT2D eigenvalue weighted by Gasteiger charge is -2.12. The smallest absolute Gasteiger partial charge is 0.312 e. The highest BCUT2D eigenvalue weighted by molar-refractivity contribution is 5.94. The number of nitrogens with one attached hydrogen (secondary N) is 1. The predicted molar refractivity (Wildman–Crippen MR) is 116 cm³/mol. The number of carbonyl (C=O) groups excluding carboxylic acids is 1. The Bertz CT molecular complexity index is 1240. The quantitative estimate of drug-likeness (QED) is 0.361. The number of benzene rings is 2. The van der Waals surface area contributed by atoms with E-state index in [4.69, 9.17) is 4.42 Å². The van der Waals surface area contributed by atoms with Gasteiger partial charge < -0.3 is 9.73 Å². The van der Waals surface area contributed by atoms with Crippen LogP contribution in [-0.4, -0.2) is 20.6 Å². The van der Waals surface area contributed by atoms with Crippen molar-refractivity contribution in [2.75, 3.05) is 0 Å². The van der Waals surface area contributed by atoms with Crippen LogP contribution in [0.15, 0.2) is 59.0 Å². The molecule has 0 unspecified atom stereocenters. The summed E-state index contributed by atoms with van der Waals surface area (Å²) in [5, 5.41) is 19.4. The molecule has 1 N–H and O–H groups in total. The Hall–Kier alpha value is -3.94. The van der Waals surface area contributed by atoms with Gasteiger partial charge in [-0.25, -0.2) is 0 Å². The molecule has 4 rings (SSSR count). The standard InChI is InChI=1S/C23H22N4O4/c1-14(21-12-19-6-4-5-7-20(19)31-21)24-23(28)18-10-8-17(9-11-18)13-26-16(3)22(27(29)30)15(2)25-26/h4-12,14H,13H2,1-3H3,(H,24,28)/t14-/m1/s1. The van der Waals surface area contributed by atoms with Crippen molar-refractivity contribution in [3.05, 3.63) is 93.0 Å². The van der Waals surface area contributed by atoms with Gasteiger partial charge in [0.1, 0.15) is 22.7 Å². The van der Waals surface area contributed by atoms with Crippen LogP contribution in [0, 0.1) is 24.0 Å². The predicted octanol–water partition coefficient (Wildman–Crippen LogP) is 4.69. The molecule has 0 radical (unpaired) electrons. The van der Waals surface area contributed by atoms with Gasteiger partial charge in [-0.1, -0.05) is 30.3 Å². The second-order valence-electron chi connectivity index (χ2n) is 7.51. The number of amides is 1. The van der Waals surface area contributed by atoms with Gasteiger partial charge in [0.05, 0.1) is 17.5 Å². The average molecular weight is 418 g/mol. The lowest BCUT2D eigenvalue weighted by molar-refractivity contribution is -0.386. The fourth-order valence-electron chi connectivity index (χ4n) is 3.61. The van der Waals surface area contributed by atoms with E-state index in [-0.39, 0.29) is 17.6 Å². The Morgan fingerprint density at radius 1 is 1.19 bits per heavy atom. The molecule has 4 aromatic rings. The molecule has 0 saturated carbocycles. The van der Waals surface area contributed by atoms with E-state index in [1.165, 1.54) is 0 Å². The zero-order chi connectivity index (χ0) is 22.1. The van der Waals surface area contributed by atoms with Crippen molar-refractivity contribution in [2.24, 2.45) is 0 Å². The molecule has 0 aliphatic rings. The number of rotatable bonds is 6. The molecule has 2 aromatic carbocycles. The minimum Gasteiger partial charge on any atom is -0.459 e. The van der Waals surface area contributed by atoms with Crippen molar-refractivity contribution in [3.8, 4) is 0 Å². The van der Waals surface area contributed by atoms with E-state index >= 15 is 0 Å². The van der Waals surface area contributed by atoms with E-state index in [0.717, 1.165) is 16.5 Å². The van der Waals surface area contributed by atoms with Crippen molar-refractivity contribution in [2.45, 2.75) is 33.4 Å². The lowest BCUT2D eigenvalue weighted by Crippen LogP contribution is -2.26. The molecule has 0 bridgehead atoms. The van der Waals surface area contributed by atoms with Crippen LogP contribution in [0.4, 0.5) is 5.69 Å². The monoisotopic (exact) mass is 418 g/mol. The fourth-order valence-corrected chi connectivity index (χ4v) is 3.61. The lowest BCUT2D eigenvalue weighted by atomic mass is 10.1. The first kappa shape index (κ1) is 20.3. The third-order valence-corrected chi connectivity index (χ3v) is 5.29. The first-order chi connectivity index (χ1) is 14.8. The van der Waals surface area contributed by atoms with E-state index in [9.17, 15) is 14.9 Å². The first-order valence-electron chi connectivity index (χ1n) is 9.90. The molecule has 0 aliphatic heterocycles. The highest BCUT2D eigenvalue weighted by Crippen LogP contribution is 2.24. The Balaban J connectivity index is 1.44. The highest BCUT2D eigenvalue weighted by Gasteiger charge is 2.22. The maximum absolute atomic E-state index is 12.6. The molecule has 2 heterocycles. The second kappa shape index (κ2) is 8.06. The summed E-state index contributed by atoms with van der Waals surface area (Å²) in [6.45, 7) is 5.56. The number of para-hydroxylation sites is 1. The van der Waals surface area contributed by atoms with Crippen molar-refractivity contribution < 1.29 is 14.1 Å². The van der Waals surface area contributed by atoms with Crippen LogP contribution >= 0.6 is 0 Å². The summed E-state index contributed by atoms with van der Waals surface area (Å²) in [6.07, 6.45) is 0. The summed E-state index contributed by atoms with van der Waals surface area (Å²) in [4.78, 5) is 23.4. The Morgan fingerprint density at radius 3 is 2.55 bits per heavy atom. The number of hydrogen-bond donors (Lipinski definition) is 1. The maximum Gasteiger partial charge on any atom is 0.312 e. The van der Waals surface area contributed by atoms with E-state index < -0.39 is 4.92 Å². The SMILES string of the molecule is Cc1nn(Cc2ccc(C(=O)N[C@H](C)c3cc4ccccc4o3)cc2)c(C)c1[N+](=O)[O-]. The van der Waals surface area contributed by atoms with Gasteiger partial charge >= 0.3 is 5.69 Å². The van der Waals surface area contributed by atoms with Crippen LogP contribution in [0.25, 0.3) is 11.0 Å². The van der Waals surface area contributed by atoms with E-state index in [1.807, 2.05) is 49.4 Å². The zero-order valence-electron chi connectivity index (χ0n) is 17.5. The van der Waals surface area contributed by atoms with Crippen LogP contribution in [0.3, 0.4) is 0 Å². The van der Waals surface area contributed by atoms with E-state index in [2.05, 4.69) is 10.4 Å². The third kappa shape index (κ3) is 4.05. The minimum atomic E-state index is -0.412. The number of aryl methyl sites for hydroxylation is 1. The largest absolute Gasteiger partial charge is 0.459 e. The summed E-state index contributed by atoms with van der Waals surface area (Å²) in [6, 6.07) is 16.5. The number of carbonyl (C=O) groups is 1. The topological polar surface area (TPSA) is 103 Å². The second-order valence-corrected chi connectivity index (χ2v) is 7.51. The van der Waals surface area contributed by atoms with E-state index in [0.29, 0.717) is 29.3 Å². The number of nitro groups is 1. The summed E-state index contributed by atoms with van der Waals surface area (Å²) >= 11 is 0. The number of nitrogens with zero attached hydrogens (tertiary/aromatic N) is 3. The van der Waals surface area contributed by atoms with Crippen molar-refractivity contribution in [1.29, 1.82) is 0 Å². The minimum absolute atomic E-state index is 0.0376. The first-order valence-corrected chi connectivity index (χ1v) is 9.90. The summed E-state index contributed by atoms with van der Waals surface area (Å²) in [7, 11) is 0. The van der Waals surface area contributed by atoms with Gasteiger partial charge in [0.15, 0.2) is 0 Å². The summed E-state index contributed by atoms with van der Waals surface area (Å²) in [5.41, 5.74) is 3.12. The van der Waals surface area contributed by atoms with Gasteiger partial charge in [0.2, 0.25) is 0 Å². The number of aromatic nitrogens is 2. The zero-order valence-corrected chi connectivity index (χ0v) is 17.5. The average Bonchev–Trinajstić information content (AvgIpc) is 3.29. The third-order valence-electron chi connectivity index (χ3n) is 5.29. The van der Waals surface area contributed by atoms with Crippen LogP contribution in [0.1, 0.15) is 46.0 Å². The van der Waals surface area contributed by atoms with Crippen molar-refractivity contribution in [3.63, 3.8) is 0 Å². The fraction of sp³-hybridized carbons (Fsp3) is 0.217. The van der Waals surface area contributed by atoms with Gasteiger partial charge in [-0.05, 0) is 50.6 Å². The molecular weight excluding hydrogens is 396 g/mol. The van der Waals surface area contributed by atoms with Crippen LogP contribution in [0.2, 0.25) is 0 Å². The molecule has 1 amide bonds. The molecule has 0 saturated heterocycles. The van der Waals surface area contributed by atoms with Crippen LogP contribution in [0.5, 0.6) is 0 Å². The molecule has 0 spiro atoms. The molecule has 8 nitrogen and oxygen atoms in total. The number of fused-ring (bicyclic) bond motifs is 1. The molecule has 0 aliphatic carbocycles. The highest BCUT2D eigenvalue weighted by atomic mass is 16.6. The van der Waals surface area contributed by atoms with Crippen LogP contribution in [-0.2, 0) is 6.54 Å². The Morgan fingerprint density at radius 2 is 1.90 bits per heavy atom. The number of furan rings is 1. The normalized spacial score (nSPS) is 12.1. The Kier molecular flexibility index (Phi) is 5.29. The van der Waals surface area contributed by atoms with Gasteiger partial charge in [0.25, 0.3) is 5.91 Å². The molecule has 0 fully saturated rings. The number of hydrogen-bond acceptors (Lipinski definition) is 5. The van der Waals surface area contributed by atoms with Gasteiger partial charge in [0, 0.05) is 10.9 Å². The molecule has 8 heteroatoms. The van der Waals surface area contributed by atoms with Crippen molar-refractivity contribution >= 4 is 22.6 Å². The molecule has 1 atom stereocenters. The van der Waals surface area contributed by atoms with Crippen LogP contribution < -0.4 is 5.32 Å². The van der Waals surface area contributed by atoms with Gasteiger partial charge in [-0.3, -0.25) is 19.6 Å². The molecular formula is C23H22N4O4. The van der Waals surface area contributed by atoms with E-state index in [1.54, 1.807) is 30.7 Å². The maximum atomic E-state index is 12.6. The molecule has 31 heavy (non-hydrogen) atoms.